The van der Waals surface area contributed by atoms with Gasteiger partial charge in [-0.2, -0.15) is 0 Å². The van der Waals surface area contributed by atoms with Crippen LogP contribution in [0.1, 0.15) is 21.7 Å². The molecule has 1 heterocycles. The Hall–Kier alpha value is -2.63. The van der Waals surface area contributed by atoms with E-state index < -0.39 is 0 Å². The molecule has 1 N–H and O–H groups in total. The normalized spacial score (nSPS) is 11.0. The van der Waals surface area contributed by atoms with Crippen LogP contribution in [0.4, 0.5) is 5.69 Å². The fraction of sp³-hybridized carbons (Fsp3) is 0.200. The summed E-state index contributed by atoms with van der Waals surface area (Å²) >= 11 is 6.25. The van der Waals surface area contributed by atoms with Crippen molar-refractivity contribution in [3.05, 3.63) is 70.4 Å². The van der Waals surface area contributed by atoms with Crippen LogP contribution in [0.25, 0.3) is 11.3 Å². The molecule has 26 heavy (non-hydrogen) atoms. The molecule has 0 fully saturated rings. The second-order valence-electron chi connectivity index (χ2n) is 6.33. The number of carbonyl (C=O) groups is 1. The number of nitrogens with zero attached hydrogens (tertiary/aromatic N) is 2. The third-order valence-corrected chi connectivity index (χ3v) is 4.26. The smallest absolute Gasteiger partial charge is 0.261 e. The van der Waals surface area contributed by atoms with Crippen molar-refractivity contribution in [1.82, 2.24) is 10.1 Å². The van der Waals surface area contributed by atoms with Crippen molar-refractivity contribution in [2.45, 2.75) is 13.5 Å². The lowest BCUT2D eigenvalue weighted by atomic mass is 10.1. The van der Waals surface area contributed by atoms with Crippen molar-refractivity contribution in [1.29, 1.82) is 0 Å². The molecule has 3 aromatic rings. The summed E-state index contributed by atoms with van der Waals surface area (Å²) in [5, 5.41) is 7.45. The highest BCUT2D eigenvalue weighted by Gasteiger charge is 2.23. The maximum atomic E-state index is 12.8. The van der Waals surface area contributed by atoms with Crippen LogP contribution in [0.2, 0.25) is 5.02 Å². The van der Waals surface area contributed by atoms with Gasteiger partial charge in [0, 0.05) is 17.8 Å². The van der Waals surface area contributed by atoms with Crippen LogP contribution in [0.3, 0.4) is 0 Å². The van der Waals surface area contributed by atoms with E-state index in [1.807, 2.05) is 56.6 Å². The van der Waals surface area contributed by atoms with E-state index in [0.29, 0.717) is 33.3 Å². The Morgan fingerprint density at radius 2 is 1.85 bits per heavy atom. The Morgan fingerprint density at radius 3 is 2.50 bits per heavy atom. The standard InChI is InChI=1S/C20H20ClN3O2/c1-13-18(19(23-26-13)16-6-4-5-7-17(16)21)20(25)22-15-10-8-14(9-11-15)12-24(2)3/h4-11H,12H2,1-3H3,(H,22,25). The number of aromatic nitrogens is 1. The Balaban J connectivity index is 1.85. The van der Waals surface area contributed by atoms with Crippen molar-refractivity contribution >= 4 is 23.2 Å². The van der Waals surface area contributed by atoms with E-state index in [-0.39, 0.29) is 5.91 Å². The maximum Gasteiger partial charge on any atom is 0.261 e. The summed E-state index contributed by atoms with van der Waals surface area (Å²) in [4.78, 5) is 14.9. The molecule has 0 unspecified atom stereocenters. The second kappa shape index (κ2) is 7.72. The molecule has 0 spiro atoms. The van der Waals surface area contributed by atoms with Crippen LogP contribution in [-0.4, -0.2) is 30.1 Å². The molecular formula is C20H20ClN3O2. The van der Waals surface area contributed by atoms with Gasteiger partial charge in [0.25, 0.3) is 5.91 Å². The van der Waals surface area contributed by atoms with Crippen molar-refractivity contribution in [2.75, 3.05) is 19.4 Å². The molecular weight excluding hydrogens is 350 g/mol. The quantitative estimate of drug-likeness (QED) is 0.713. The molecule has 0 aliphatic rings. The first kappa shape index (κ1) is 18.2. The van der Waals surface area contributed by atoms with Crippen LogP contribution in [0, 0.1) is 6.92 Å². The van der Waals surface area contributed by atoms with E-state index in [4.69, 9.17) is 16.1 Å². The van der Waals surface area contributed by atoms with Gasteiger partial charge in [-0.1, -0.05) is 47.1 Å². The van der Waals surface area contributed by atoms with Crippen molar-refractivity contribution in [2.24, 2.45) is 0 Å². The van der Waals surface area contributed by atoms with Crippen LogP contribution in [-0.2, 0) is 6.54 Å². The monoisotopic (exact) mass is 369 g/mol. The lowest BCUT2D eigenvalue weighted by molar-refractivity contribution is 0.102. The lowest BCUT2D eigenvalue weighted by Crippen LogP contribution is -2.14. The first-order chi connectivity index (χ1) is 12.5. The molecule has 5 nitrogen and oxygen atoms in total. The lowest BCUT2D eigenvalue weighted by Gasteiger charge is -2.11. The molecule has 0 atom stereocenters. The molecule has 0 aliphatic carbocycles. The molecule has 2 aromatic carbocycles. The molecule has 0 radical (unpaired) electrons. The summed E-state index contributed by atoms with van der Waals surface area (Å²) in [6, 6.07) is 15.0. The van der Waals surface area contributed by atoms with Gasteiger partial charge in [-0.15, -0.1) is 0 Å². The van der Waals surface area contributed by atoms with Crippen molar-refractivity contribution in [3.8, 4) is 11.3 Å². The van der Waals surface area contributed by atoms with E-state index in [1.165, 1.54) is 5.56 Å². The number of carbonyl (C=O) groups excluding carboxylic acids is 1. The average molecular weight is 370 g/mol. The zero-order chi connectivity index (χ0) is 18.7. The highest BCUT2D eigenvalue weighted by atomic mass is 35.5. The minimum Gasteiger partial charge on any atom is -0.360 e. The SMILES string of the molecule is Cc1onc(-c2ccccc2Cl)c1C(=O)Nc1ccc(CN(C)C)cc1. The summed E-state index contributed by atoms with van der Waals surface area (Å²) in [6.45, 7) is 2.55. The van der Waals surface area contributed by atoms with Gasteiger partial charge >= 0.3 is 0 Å². The van der Waals surface area contributed by atoms with E-state index >= 15 is 0 Å². The summed E-state index contributed by atoms with van der Waals surface area (Å²) in [7, 11) is 4.03. The number of rotatable bonds is 5. The number of anilines is 1. The topological polar surface area (TPSA) is 58.4 Å². The van der Waals surface area contributed by atoms with Gasteiger partial charge in [0.1, 0.15) is 17.0 Å². The van der Waals surface area contributed by atoms with Gasteiger partial charge in [-0.25, -0.2) is 0 Å². The molecule has 0 aliphatic heterocycles. The molecule has 134 valence electrons. The third-order valence-electron chi connectivity index (χ3n) is 3.93. The van der Waals surface area contributed by atoms with Crippen molar-refractivity contribution < 1.29 is 9.32 Å². The first-order valence-corrected chi connectivity index (χ1v) is 8.59. The first-order valence-electron chi connectivity index (χ1n) is 8.22. The number of nitrogens with one attached hydrogen (secondary N) is 1. The Morgan fingerprint density at radius 1 is 1.15 bits per heavy atom. The van der Waals surface area contributed by atoms with Gasteiger partial charge in [0.05, 0.1) is 5.02 Å². The largest absolute Gasteiger partial charge is 0.360 e. The molecule has 1 amide bonds. The van der Waals surface area contributed by atoms with Gasteiger partial charge in [-0.05, 0) is 44.8 Å². The summed E-state index contributed by atoms with van der Waals surface area (Å²) in [5.41, 5.74) is 3.37. The fourth-order valence-corrected chi connectivity index (χ4v) is 2.95. The molecule has 1 aromatic heterocycles. The third kappa shape index (κ3) is 3.95. The zero-order valence-corrected chi connectivity index (χ0v) is 15.7. The Bertz CT molecular complexity index is 917. The van der Waals surface area contributed by atoms with E-state index in [0.717, 1.165) is 6.54 Å². The number of hydrogen-bond acceptors (Lipinski definition) is 4. The second-order valence-corrected chi connectivity index (χ2v) is 6.74. The molecule has 0 bridgehead atoms. The molecule has 3 rings (SSSR count). The molecule has 6 heteroatoms. The number of aryl methyl sites for hydroxylation is 1. The van der Waals surface area contributed by atoms with Gasteiger partial charge in [0.2, 0.25) is 0 Å². The minimum atomic E-state index is -0.279. The van der Waals surface area contributed by atoms with Crippen LogP contribution in [0.5, 0.6) is 0 Å². The fourth-order valence-electron chi connectivity index (χ4n) is 2.73. The Kier molecular flexibility index (Phi) is 5.40. The predicted molar refractivity (Wildman–Crippen MR) is 103 cm³/mol. The van der Waals surface area contributed by atoms with Crippen molar-refractivity contribution in [3.63, 3.8) is 0 Å². The number of amides is 1. The van der Waals surface area contributed by atoms with Crippen LogP contribution < -0.4 is 5.32 Å². The zero-order valence-electron chi connectivity index (χ0n) is 14.9. The van der Waals surface area contributed by atoms with E-state index in [9.17, 15) is 4.79 Å². The van der Waals surface area contributed by atoms with Gasteiger partial charge in [0.15, 0.2) is 0 Å². The average Bonchev–Trinajstić information content (AvgIpc) is 2.98. The number of halogens is 1. The summed E-state index contributed by atoms with van der Waals surface area (Å²) in [6.07, 6.45) is 0. The van der Waals surface area contributed by atoms with Gasteiger partial charge in [-0.3, -0.25) is 4.79 Å². The highest BCUT2D eigenvalue weighted by molar-refractivity contribution is 6.33. The van der Waals surface area contributed by atoms with Crippen LogP contribution >= 0.6 is 11.6 Å². The minimum absolute atomic E-state index is 0.279. The van der Waals surface area contributed by atoms with E-state index in [1.54, 1.807) is 13.0 Å². The Labute approximate surface area is 157 Å². The van der Waals surface area contributed by atoms with Gasteiger partial charge < -0.3 is 14.7 Å². The number of benzene rings is 2. The molecule has 0 saturated heterocycles. The van der Waals surface area contributed by atoms with E-state index in [2.05, 4.69) is 15.4 Å². The maximum absolute atomic E-state index is 12.8. The predicted octanol–water partition coefficient (Wildman–Crippen LogP) is 4.62. The summed E-state index contributed by atoms with van der Waals surface area (Å²) in [5.74, 6) is 0.167. The highest BCUT2D eigenvalue weighted by Crippen LogP contribution is 2.31. The van der Waals surface area contributed by atoms with Crippen LogP contribution in [0.15, 0.2) is 53.1 Å². The molecule has 0 saturated carbocycles. The summed E-state index contributed by atoms with van der Waals surface area (Å²) < 4.78 is 5.25. The number of hydrogen-bond donors (Lipinski definition) is 1.